The van der Waals surface area contributed by atoms with Crippen LogP contribution >= 0.6 is 11.8 Å². The Morgan fingerprint density at radius 1 is 1.15 bits per heavy atom. The fraction of sp³-hybridized carbons (Fsp3) is 0.261. The van der Waals surface area contributed by atoms with Crippen LogP contribution < -0.4 is 15.0 Å². The lowest BCUT2D eigenvalue weighted by molar-refractivity contribution is -0.121. The second-order valence-electron chi connectivity index (χ2n) is 7.57. The molecular weight excluding hydrogens is 442 g/mol. The van der Waals surface area contributed by atoms with E-state index in [9.17, 15) is 14.4 Å². The minimum Gasteiger partial charge on any atom is -0.482 e. The number of nitrogens with one attached hydrogen (secondary N) is 1. The lowest BCUT2D eigenvalue weighted by atomic mass is 10.1. The highest BCUT2D eigenvalue weighted by atomic mass is 32.2. The summed E-state index contributed by atoms with van der Waals surface area (Å²) < 4.78 is 7.31. The second kappa shape index (κ2) is 9.45. The molecule has 0 fully saturated rings. The van der Waals surface area contributed by atoms with Crippen LogP contribution in [0.15, 0.2) is 53.7 Å². The maximum Gasteiger partial charge on any atom is 0.265 e. The van der Waals surface area contributed by atoms with Crippen LogP contribution in [0.2, 0.25) is 0 Å². The quantitative estimate of drug-likeness (QED) is 0.422. The van der Waals surface area contributed by atoms with Crippen LogP contribution in [0.1, 0.15) is 36.1 Å². The molecule has 170 valence electrons. The molecule has 2 amide bonds. The van der Waals surface area contributed by atoms with E-state index in [0.717, 1.165) is 0 Å². The Labute approximate surface area is 195 Å². The summed E-state index contributed by atoms with van der Waals surface area (Å²) in [7, 11) is 1.81. The van der Waals surface area contributed by atoms with Crippen LogP contribution in [0.5, 0.6) is 5.75 Å². The summed E-state index contributed by atoms with van der Waals surface area (Å²) in [5.41, 5.74) is 1.89. The number of anilines is 2. The van der Waals surface area contributed by atoms with Gasteiger partial charge in [0.05, 0.1) is 17.5 Å². The van der Waals surface area contributed by atoms with Crippen molar-refractivity contribution >= 4 is 40.7 Å². The maximum atomic E-state index is 12.6. The summed E-state index contributed by atoms with van der Waals surface area (Å²) in [6, 6.07) is 13.7. The molecule has 1 atom stereocenters. The smallest absolute Gasteiger partial charge is 0.265 e. The van der Waals surface area contributed by atoms with E-state index in [0.29, 0.717) is 33.7 Å². The Hall–Kier alpha value is -3.66. The first-order valence-electron chi connectivity index (χ1n) is 10.3. The lowest BCUT2D eigenvalue weighted by Gasteiger charge is -2.33. The van der Waals surface area contributed by atoms with Gasteiger partial charge in [-0.2, -0.15) is 0 Å². The van der Waals surface area contributed by atoms with E-state index in [-0.39, 0.29) is 36.0 Å². The molecule has 4 rings (SSSR count). The van der Waals surface area contributed by atoms with Gasteiger partial charge in [-0.3, -0.25) is 19.3 Å². The van der Waals surface area contributed by atoms with Gasteiger partial charge >= 0.3 is 0 Å². The highest BCUT2D eigenvalue weighted by molar-refractivity contribution is 7.99. The van der Waals surface area contributed by atoms with Crippen molar-refractivity contribution in [3.05, 3.63) is 59.9 Å². The van der Waals surface area contributed by atoms with Gasteiger partial charge in [-0.1, -0.05) is 23.9 Å². The van der Waals surface area contributed by atoms with Gasteiger partial charge in [0, 0.05) is 18.3 Å². The van der Waals surface area contributed by atoms with E-state index in [1.165, 1.54) is 18.7 Å². The van der Waals surface area contributed by atoms with Gasteiger partial charge in [0.2, 0.25) is 5.91 Å². The van der Waals surface area contributed by atoms with Crippen molar-refractivity contribution in [3.8, 4) is 5.75 Å². The number of aromatic nitrogens is 3. The Morgan fingerprint density at radius 2 is 1.88 bits per heavy atom. The average molecular weight is 466 g/mol. The Morgan fingerprint density at radius 3 is 2.61 bits per heavy atom. The van der Waals surface area contributed by atoms with Gasteiger partial charge in [0.15, 0.2) is 23.4 Å². The normalized spacial score (nSPS) is 13.8. The zero-order valence-corrected chi connectivity index (χ0v) is 19.3. The molecule has 1 aromatic heterocycles. The van der Waals surface area contributed by atoms with E-state index in [1.54, 1.807) is 33.7 Å². The molecule has 0 bridgehead atoms. The zero-order valence-electron chi connectivity index (χ0n) is 18.4. The molecule has 0 spiro atoms. The molecule has 3 aromatic rings. The van der Waals surface area contributed by atoms with Crippen LogP contribution in [0.4, 0.5) is 11.4 Å². The van der Waals surface area contributed by atoms with Crippen molar-refractivity contribution in [1.82, 2.24) is 14.8 Å². The Kier molecular flexibility index (Phi) is 6.45. The van der Waals surface area contributed by atoms with Gasteiger partial charge < -0.3 is 14.6 Å². The minimum absolute atomic E-state index is 0.0296. The molecule has 2 heterocycles. The topological polar surface area (TPSA) is 106 Å². The van der Waals surface area contributed by atoms with Crippen molar-refractivity contribution in [2.75, 3.05) is 22.6 Å². The van der Waals surface area contributed by atoms with Crippen molar-refractivity contribution in [2.24, 2.45) is 7.05 Å². The molecule has 0 saturated carbocycles. The van der Waals surface area contributed by atoms with Crippen LogP contribution in [0.25, 0.3) is 0 Å². The van der Waals surface area contributed by atoms with Gasteiger partial charge in [0.1, 0.15) is 5.75 Å². The summed E-state index contributed by atoms with van der Waals surface area (Å²) in [4.78, 5) is 38.0. The molecule has 10 heteroatoms. The van der Waals surface area contributed by atoms with Crippen LogP contribution in [-0.4, -0.2) is 44.7 Å². The number of hydrogen-bond acceptors (Lipinski definition) is 7. The molecule has 0 radical (unpaired) electrons. The molecule has 0 aliphatic carbocycles. The number of rotatable bonds is 7. The number of amides is 2. The number of carbonyl (C=O) groups is 3. The van der Waals surface area contributed by atoms with Crippen molar-refractivity contribution in [3.63, 3.8) is 0 Å². The second-order valence-corrected chi connectivity index (χ2v) is 8.51. The van der Waals surface area contributed by atoms with Gasteiger partial charge in [0.25, 0.3) is 5.91 Å². The third-order valence-corrected chi connectivity index (χ3v) is 6.30. The summed E-state index contributed by atoms with van der Waals surface area (Å²) in [6.45, 7) is 3.35. The van der Waals surface area contributed by atoms with E-state index in [2.05, 4.69) is 15.5 Å². The van der Waals surface area contributed by atoms with Crippen molar-refractivity contribution in [2.45, 2.75) is 25.0 Å². The van der Waals surface area contributed by atoms with Crippen LogP contribution in [0.3, 0.4) is 0 Å². The number of nitrogens with zero attached hydrogens (tertiary/aromatic N) is 4. The first kappa shape index (κ1) is 22.5. The molecule has 2 aromatic carbocycles. The third-order valence-electron chi connectivity index (χ3n) is 5.28. The first-order chi connectivity index (χ1) is 15.8. The van der Waals surface area contributed by atoms with Crippen molar-refractivity contribution in [1.29, 1.82) is 0 Å². The number of fused-ring (bicyclic) bond motifs is 1. The predicted octanol–water partition coefficient (Wildman–Crippen LogP) is 3.24. The SMILES string of the molecule is CC(=O)c1ccc(NC(=O)CSc2nnc([C@@H](C)N3C(=O)COc4ccccc43)n2C)cc1. The van der Waals surface area contributed by atoms with E-state index in [4.69, 9.17) is 4.74 Å². The largest absolute Gasteiger partial charge is 0.482 e. The number of thioether (sulfide) groups is 1. The molecular formula is C23H23N5O4S. The molecule has 1 aliphatic rings. The molecule has 0 saturated heterocycles. The number of Topliss-reactive ketones (excluding diaryl/α,β-unsaturated/α-hetero) is 1. The molecule has 1 aliphatic heterocycles. The predicted molar refractivity (Wildman–Crippen MR) is 125 cm³/mol. The zero-order chi connectivity index (χ0) is 23.5. The van der Waals surface area contributed by atoms with Gasteiger partial charge in [-0.25, -0.2) is 0 Å². The number of benzene rings is 2. The van der Waals surface area contributed by atoms with Gasteiger partial charge in [-0.05, 0) is 50.2 Å². The molecule has 0 unspecified atom stereocenters. The van der Waals surface area contributed by atoms with Crippen molar-refractivity contribution < 1.29 is 19.1 Å². The highest BCUT2D eigenvalue weighted by Crippen LogP contribution is 2.37. The van der Waals surface area contributed by atoms with Crippen LogP contribution in [0, 0.1) is 0 Å². The summed E-state index contributed by atoms with van der Waals surface area (Å²) in [5, 5.41) is 11.9. The average Bonchev–Trinajstić information content (AvgIpc) is 3.18. The lowest BCUT2D eigenvalue weighted by Crippen LogP contribution is -2.41. The molecule has 33 heavy (non-hydrogen) atoms. The number of ether oxygens (including phenoxy) is 1. The Bertz CT molecular complexity index is 1210. The monoisotopic (exact) mass is 465 g/mol. The fourth-order valence-electron chi connectivity index (χ4n) is 3.59. The number of ketones is 1. The summed E-state index contributed by atoms with van der Waals surface area (Å²) >= 11 is 1.25. The summed E-state index contributed by atoms with van der Waals surface area (Å²) in [6.07, 6.45) is 0. The maximum absolute atomic E-state index is 12.6. The molecule has 1 N–H and O–H groups in total. The van der Waals surface area contributed by atoms with E-state index in [1.807, 2.05) is 38.2 Å². The standard InChI is InChI=1S/C23H23N5O4S/c1-14(28-18-6-4-5-7-19(18)32-12-21(28)31)22-25-26-23(27(22)3)33-13-20(30)24-17-10-8-16(9-11-17)15(2)29/h4-11,14H,12-13H2,1-3H3,(H,24,30)/t14-/m1/s1. The first-order valence-corrected chi connectivity index (χ1v) is 11.3. The van der Waals surface area contributed by atoms with Crippen LogP contribution in [-0.2, 0) is 16.6 Å². The molecule has 9 nitrogen and oxygen atoms in total. The van der Waals surface area contributed by atoms with E-state index >= 15 is 0 Å². The summed E-state index contributed by atoms with van der Waals surface area (Å²) in [5.74, 6) is 0.988. The number of hydrogen-bond donors (Lipinski definition) is 1. The minimum atomic E-state index is -0.372. The van der Waals surface area contributed by atoms with Gasteiger partial charge in [-0.15, -0.1) is 10.2 Å². The highest BCUT2D eigenvalue weighted by Gasteiger charge is 2.32. The number of carbonyl (C=O) groups excluding carboxylic acids is 3. The third kappa shape index (κ3) is 4.75. The fourth-order valence-corrected chi connectivity index (χ4v) is 4.31. The Balaban J connectivity index is 1.42. The number of para-hydroxylation sites is 2. The van der Waals surface area contributed by atoms with E-state index < -0.39 is 0 Å².